The lowest BCUT2D eigenvalue weighted by atomic mass is 10.2. The first-order valence-corrected chi connectivity index (χ1v) is 10.3. The van der Waals surface area contributed by atoms with Crippen LogP contribution in [0.1, 0.15) is 16.2 Å². The minimum absolute atomic E-state index is 0.0275. The predicted octanol–water partition coefficient (Wildman–Crippen LogP) is 5.06. The summed E-state index contributed by atoms with van der Waals surface area (Å²) < 4.78 is 49.7. The van der Waals surface area contributed by atoms with Gasteiger partial charge in [-0.2, -0.15) is 18.2 Å². The molecule has 0 atom stereocenters. The molecule has 3 N–H and O–H groups in total. The van der Waals surface area contributed by atoms with Gasteiger partial charge >= 0.3 is 12.2 Å². The third-order valence-electron chi connectivity index (χ3n) is 4.22. The number of carbonyl (C=O) groups is 2. The lowest BCUT2D eigenvalue weighted by Gasteiger charge is -2.13. The number of hydrogen-bond donors (Lipinski definition) is 3. The molecule has 1 aromatic heterocycles. The Bertz CT molecular complexity index is 1210. The maximum Gasteiger partial charge on any atom is 0.417 e. The van der Waals surface area contributed by atoms with Gasteiger partial charge in [-0.05, 0) is 42.5 Å². The molecule has 0 saturated carbocycles. The Morgan fingerprint density at radius 2 is 1.68 bits per heavy atom. The summed E-state index contributed by atoms with van der Waals surface area (Å²) in [7, 11) is 2.80. The lowest BCUT2D eigenvalue weighted by molar-refractivity contribution is -0.138. The number of alkyl halides is 3. The van der Waals surface area contributed by atoms with Gasteiger partial charge in [0, 0.05) is 22.9 Å². The molecule has 34 heavy (non-hydrogen) atoms. The maximum atomic E-state index is 13.0. The molecular weight excluding hydrogens is 523 g/mol. The quantitative estimate of drug-likeness (QED) is 0.403. The first-order chi connectivity index (χ1) is 16.1. The number of hydrogen-bond acceptors (Lipinski definition) is 6. The van der Waals surface area contributed by atoms with Crippen molar-refractivity contribution in [1.82, 2.24) is 15.3 Å². The first kappa shape index (κ1) is 24.8. The molecule has 3 rings (SSSR count). The van der Waals surface area contributed by atoms with E-state index in [1.165, 1.54) is 56.8 Å². The molecule has 0 bridgehead atoms. The highest BCUT2D eigenvalue weighted by Gasteiger charge is 2.33. The molecule has 3 aromatic rings. The Morgan fingerprint density at radius 1 is 1.03 bits per heavy atom. The molecule has 0 fully saturated rings. The third kappa shape index (κ3) is 6.13. The van der Waals surface area contributed by atoms with Crippen LogP contribution in [0.3, 0.4) is 0 Å². The highest BCUT2D eigenvalue weighted by atomic mass is 79.9. The van der Waals surface area contributed by atoms with Crippen molar-refractivity contribution in [2.45, 2.75) is 6.18 Å². The van der Waals surface area contributed by atoms with Gasteiger partial charge < -0.3 is 25.4 Å². The van der Waals surface area contributed by atoms with Gasteiger partial charge in [0.25, 0.3) is 11.8 Å². The normalized spacial score (nSPS) is 10.9. The molecule has 0 radical (unpaired) electrons. The fraction of sp³-hybridized carbons (Fsp3) is 0.143. The summed E-state index contributed by atoms with van der Waals surface area (Å²) >= 11 is 2.85. The van der Waals surface area contributed by atoms with E-state index >= 15 is 0 Å². The summed E-state index contributed by atoms with van der Waals surface area (Å²) in [5.74, 6) is -0.0304. The second kappa shape index (κ2) is 10.4. The average molecular weight is 540 g/mol. The Morgan fingerprint density at radius 3 is 2.29 bits per heavy atom. The van der Waals surface area contributed by atoms with E-state index in [9.17, 15) is 22.8 Å². The number of halogens is 4. The minimum atomic E-state index is -4.57. The van der Waals surface area contributed by atoms with E-state index in [4.69, 9.17) is 9.47 Å². The highest BCUT2D eigenvalue weighted by Crippen LogP contribution is 2.36. The molecule has 2 aromatic carbocycles. The van der Waals surface area contributed by atoms with E-state index in [1.807, 2.05) is 0 Å². The van der Waals surface area contributed by atoms with Gasteiger partial charge in [0.1, 0.15) is 5.75 Å². The van der Waals surface area contributed by atoms with Crippen molar-refractivity contribution in [1.29, 1.82) is 0 Å². The van der Waals surface area contributed by atoms with Gasteiger partial charge in [-0.1, -0.05) is 15.9 Å². The number of benzene rings is 2. The van der Waals surface area contributed by atoms with Crippen LogP contribution < -0.4 is 25.4 Å². The lowest BCUT2D eigenvalue weighted by Crippen LogP contribution is -2.21. The van der Waals surface area contributed by atoms with Crippen LogP contribution in [0.2, 0.25) is 0 Å². The molecule has 0 aliphatic heterocycles. The molecule has 178 valence electrons. The van der Waals surface area contributed by atoms with Crippen LogP contribution in [0.4, 0.5) is 29.3 Å². The van der Waals surface area contributed by atoms with Crippen molar-refractivity contribution in [2.75, 3.05) is 24.8 Å². The standard InChI is InChI=1S/C21H17BrF3N5O4/c1-26-18(31)17-27-10-16(19(30-17)33-2)34-13-6-3-11(4-7-13)28-20(32)29-12-5-8-15(22)14(9-12)21(23,24)25/h3-10H,1-2H3,(H,26,31)(H2,28,29,32). The fourth-order valence-electron chi connectivity index (χ4n) is 2.64. The second-order valence-corrected chi connectivity index (χ2v) is 7.40. The Balaban J connectivity index is 1.65. The number of methoxy groups -OCH3 is 1. The largest absolute Gasteiger partial charge is 0.478 e. The van der Waals surface area contributed by atoms with Gasteiger partial charge in [-0.25, -0.2) is 9.78 Å². The van der Waals surface area contributed by atoms with Gasteiger partial charge in [0.05, 0.1) is 18.9 Å². The van der Waals surface area contributed by atoms with Gasteiger partial charge in [0.15, 0.2) is 0 Å². The van der Waals surface area contributed by atoms with Crippen LogP contribution in [0.15, 0.2) is 53.1 Å². The molecule has 3 amide bonds. The van der Waals surface area contributed by atoms with Crippen LogP contribution in [-0.2, 0) is 6.18 Å². The van der Waals surface area contributed by atoms with Crippen molar-refractivity contribution in [3.63, 3.8) is 0 Å². The first-order valence-electron chi connectivity index (χ1n) is 9.46. The summed E-state index contributed by atoms with van der Waals surface area (Å²) in [5.41, 5.74) is -0.578. The fourth-order valence-corrected chi connectivity index (χ4v) is 3.11. The molecule has 13 heteroatoms. The van der Waals surface area contributed by atoms with Crippen molar-refractivity contribution < 1.29 is 32.2 Å². The van der Waals surface area contributed by atoms with Crippen LogP contribution in [-0.4, -0.2) is 36.1 Å². The van der Waals surface area contributed by atoms with E-state index in [2.05, 4.69) is 41.8 Å². The molecule has 9 nitrogen and oxygen atoms in total. The Kier molecular flexibility index (Phi) is 7.56. The summed E-state index contributed by atoms with van der Waals surface area (Å²) in [6.07, 6.45) is -3.29. The Labute approximate surface area is 199 Å². The summed E-state index contributed by atoms with van der Waals surface area (Å²) in [6, 6.07) is 8.72. The Hall–Kier alpha value is -3.87. The SMILES string of the molecule is CNC(=O)c1ncc(Oc2ccc(NC(=O)Nc3ccc(Br)c(C(F)(F)F)c3)cc2)c(OC)n1. The topological polar surface area (TPSA) is 114 Å². The monoisotopic (exact) mass is 539 g/mol. The third-order valence-corrected chi connectivity index (χ3v) is 4.91. The summed E-state index contributed by atoms with van der Waals surface area (Å²) in [5, 5.41) is 7.26. The zero-order chi connectivity index (χ0) is 24.9. The molecule has 0 aliphatic rings. The number of aromatic nitrogens is 2. The maximum absolute atomic E-state index is 13.0. The number of ether oxygens (including phenoxy) is 2. The van der Waals surface area contributed by atoms with Gasteiger partial charge in [-0.3, -0.25) is 4.79 Å². The smallest absolute Gasteiger partial charge is 0.417 e. The van der Waals surface area contributed by atoms with Crippen molar-refractivity contribution >= 4 is 39.2 Å². The molecule has 0 spiro atoms. The molecule has 0 saturated heterocycles. The van der Waals surface area contributed by atoms with E-state index in [0.29, 0.717) is 11.4 Å². The van der Waals surface area contributed by atoms with E-state index in [-0.39, 0.29) is 27.6 Å². The number of nitrogens with one attached hydrogen (secondary N) is 3. The molecule has 0 aliphatic carbocycles. The van der Waals surface area contributed by atoms with Crippen molar-refractivity contribution in [3.8, 4) is 17.4 Å². The van der Waals surface area contributed by atoms with Crippen LogP contribution >= 0.6 is 15.9 Å². The van der Waals surface area contributed by atoms with Gasteiger partial charge in [0.2, 0.25) is 11.6 Å². The van der Waals surface area contributed by atoms with Gasteiger partial charge in [-0.15, -0.1) is 0 Å². The summed E-state index contributed by atoms with van der Waals surface area (Å²) in [6.45, 7) is 0. The number of carbonyl (C=O) groups excluding carboxylic acids is 2. The van der Waals surface area contributed by atoms with Crippen LogP contribution in [0, 0.1) is 0 Å². The summed E-state index contributed by atoms with van der Waals surface area (Å²) in [4.78, 5) is 31.7. The van der Waals surface area contributed by atoms with E-state index in [0.717, 1.165) is 6.07 Å². The zero-order valence-electron chi connectivity index (χ0n) is 17.7. The number of nitrogens with zero attached hydrogens (tertiary/aromatic N) is 2. The van der Waals surface area contributed by atoms with Crippen LogP contribution in [0.5, 0.6) is 17.4 Å². The van der Waals surface area contributed by atoms with Crippen LogP contribution in [0.25, 0.3) is 0 Å². The highest BCUT2D eigenvalue weighted by molar-refractivity contribution is 9.10. The minimum Gasteiger partial charge on any atom is -0.478 e. The number of anilines is 2. The van der Waals surface area contributed by atoms with E-state index < -0.39 is 23.7 Å². The predicted molar refractivity (Wildman–Crippen MR) is 120 cm³/mol. The number of rotatable bonds is 6. The second-order valence-electron chi connectivity index (χ2n) is 6.54. The molecule has 0 unspecified atom stereocenters. The molecular formula is C21H17BrF3N5O4. The number of urea groups is 1. The zero-order valence-corrected chi connectivity index (χ0v) is 19.2. The molecule has 1 heterocycles. The van der Waals surface area contributed by atoms with Crippen molar-refractivity contribution in [2.24, 2.45) is 0 Å². The van der Waals surface area contributed by atoms with E-state index in [1.54, 1.807) is 0 Å². The average Bonchev–Trinajstić information content (AvgIpc) is 2.80. The number of amides is 3. The van der Waals surface area contributed by atoms with Crippen molar-refractivity contribution in [3.05, 3.63) is 64.5 Å².